The SMILES string of the molecule is FC(F)(Br)C(F)(F)C1CCC2=CCCC21. The Bertz CT molecular complexity index is 292. The van der Waals surface area contributed by atoms with Crippen LogP contribution in [0.5, 0.6) is 0 Å². The number of alkyl halides is 5. The van der Waals surface area contributed by atoms with Crippen molar-refractivity contribution in [2.75, 3.05) is 0 Å². The van der Waals surface area contributed by atoms with Gasteiger partial charge in [0.2, 0.25) is 0 Å². The first-order chi connectivity index (χ1) is 6.84. The first-order valence-corrected chi connectivity index (χ1v) is 5.77. The number of fused-ring (bicyclic) bond motifs is 1. The van der Waals surface area contributed by atoms with Crippen molar-refractivity contribution in [2.24, 2.45) is 11.8 Å². The van der Waals surface area contributed by atoms with Gasteiger partial charge in [0.05, 0.1) is 0 Å². The Morgan fingerprint density at radius 1 is 1.20 bits per heavy atom. The van der Waals surface area contributed by atoms with Crippen molar-refractivity contribution in [1.82, 2.24) is 0 Å². The van der Waals surface area contributed by atoms with Crippen LogP contribution in [0.3, 0.4) is 0 Å². The van der Waals surface area contributed by atoms with Crippen LogP contribution in [-0.2, 0) is 0 Å². The summed E-state index contributed by atoms with van der Waals surface area (Å²) in [5, 5.41) is 0. The second kappa shape index (κ2) is 3.47. The molecular formula is C10H11BrF4. The Morgan fingerprint density at radius 2 is 1.87 bits per heavy atom. The van der Waals surface area contributed by atoms with Gasteiger partial charge in [0.15, 0.2) is 0 Å². The number of rotatable bonds is 2. The predicted octanol–water partition coefficient (Wildman–Crippen LogP) is 4.36. The van der Waals surface area contributed by atoms with E-state index in [0.29, 0.717) is 12.8 Å². The largest absolute Gasteiger partial charge is 0.363 e. The van der Waals surface area contributed by atoms with Crippen LogP contribution in [0, 0.1) is 11.8 Å². The smallest absolute Gasteiger partial charge is 0.198 e. The van der Waals surface area contributed by atoms with Crippen molar-refractivity contribution in [3.8, 4) is 0 Å². The molecule has 0 saturated heterocycles. The van der Waals surface area contributed by atoms with Gasteiger partial charge in [0, 0.05) is 5.92 Å². The zero-order chi connectivity index (χ0) is 11.3. The molecular weight excluding hydrogens is 276 g/mol. The van der Waals surface area contributed by atoms with E-state index in [9.17, 15) is 17.6 Å². The lowest BCUT2D eigenvalue weighted by atomic mass is 9.88. The molecule has 0 amide bonds. The molecule has 0 bridgehead atoms. The van der Waals surface area contributed by atoms with E-state index in [1.54, 1.807) is 15.9 Å². The molecule has 2 aliphatic rings. The number of hydrogen-bond acceptors (Lipinski definition) is 0. The molecule has 1 fully saturated rings. The fourth-order valence-electron chi connectivity index (χ4n) is 2.70. The molecule has 0 N–H and O–H groups in total. The molecule has 15 heavy (non-hydrogen) atoms. The Balaban J connectivity index is 2.22. The van der Waals surface area contributed by atoms with E-state index in [0.717, 1.165) is 12.0 Å². The van der Waals surface area contributed by atoms with Gasteiger partial charge in [-0.25, -0.2) is 0 Å². The molecule has 0 nitrogen and oxygen atoms in total. The molecule has 1 saturated carbocycles. The highest BCUT2D eigenvalue weighted by Gasteiger charge is 2.62. The fourth-order valence-corrected chi connectivity index (χ4v) is 2.99. The lowest BCUT2D eigenvalue weighted by Crippen LogP contribution is -2.43. The highest BCUT2D eigenvalue weighted by molar-refractivity contribution is 9.10. The third-order valence-corrected chi connectivity index (χ3v) is 3.96. The minimum Gasteiger partial charge on any atom is -0.198 e. The monoisotopic (exact) mass is 286 g/mol. The number of halogens is 5. The molecule has 2 unspecified atom stereocenters. The first-order valence-electron chi connectivity index (χ1n) is 4.97. The van der Waals surface area contributed by atoms with Crippen LogP contribution in [0.15, 0.2) is 11.6 Å². The van der Waals surface area contributed by atoms with E-state index in [-0.39, 0.29) is 12.3 Å². The second-order valence-electron chi connectivity index (χ2n) is 4.23. The van der Waals surface area contributed by atoms with Crippen LogP contribution in [-0.4, -0.2) is 10.8 Å². The van der Waals surface area contributed by atoms with Crippen LogP contribution in [0.25, 0.3) is 0 Å². The van der Waals surface area contributed by atoms with Gasteiger partial charge in [-0.2, -0.15) is 17.6 Å². The summed E-state index contributed by atoms with van der Waals surface area (Å²) in [4.78, 5) is -4.09. The van der Waals surface area contributed by atoms with Crippen molar-refractivity contribution >= 4 is 15.9 Å². The van der Waals surface area contributed by atoms with E-state index >= 15 is 0 Å². The van der Waals surface area contributed by atoms with Gasteiger partial charge >= 0.3 is 10.8 Å². The quantitative estimate of drug-likeness (QED) is 0.402. The van der Waals surface area contributed by atoms with Crippen molar-refractivity contribution < 1.29 is 17.6 Å². The molecule has 0 aliphatic heterocycles. The molecule has 0 aromatic carbocycles. The van der Waals surface area contributed by atoms with Crippen molar-refractivity contribution in [3.63, 3.8) is 0 Å². The topological polar surface area (TPSA) is 0 Å². The summed E-state index contributed by atoms with van der Waals surface area (Å²) in [6.07, 6.45) is 3.99. The molecule has 0 radical (unpaired) electrons. The van der Waals surface area contributed by atoms with Crippen molar-refractivity contribution in [3.05, 3.63) is 11.6 Å². The molecule has 2 atom stereocenters. The average molecular weight is 287 g/mol. The van der Waals surface area contributed by atoms with Gasteiger partial charge in [-0.3, -0.25) is 0 Å². The first kappa shape index (κ1) is 11.4. The minimum atomic E-state index is -4.09. The van der Waals surface area contributed by atoms with Gasteiger partial charge in [-0.1, -0.05) is 11.6 Å². The Labute approximate surface area is 93.9 Å². The summed E-state index contributed by atoms with van der Waals surface area (Å²) < 4.78 is 52.4. The highest BCUT2D eigenvalue weighted by Crippen LogP contribution is 2.55. The van der Waals surface area contributed by atoms with Crippen LogP contribution in [0.4, 0.5) is 17.6 Å². The molecule has 2 aliphatic carbocycles. The molecule has 0 aromatic heterocycles. The fraction of sp³-hybridized carbons (Fsp3) is 0.800. The average Bonchev–Trinajstić information content (AvgIpc) is 2.58. The van der Waals surface area contributed by atoms with Gasteiger partial charge in [-0.05, 0) is 47.5 Å². The Kier molecular flexibility index (Phi) is 2.64. The second-order valence-corrected chi connectivity index (χ2v) is 5.22. The zero-order valence-electron chi connectivity index (χ0n) is 7.95. The Hall–Kier alpha value is -0.0600. The molecule has 0 spiro atoms. The van der Waals surface area contributed by atoms with E-state index in [1.165, 1.54) is 0 Å². The van der Waals surface area contributed by atoms with E-state index in [4.69, 9.17) is 0 Å². The molecule has 2 rings (SSSR count). The van der Waals surface area contributed by atoms with Crippen LogP contribution < -0.4 is 0 Å². The van der Waals surface area contributed by atoms with E-state index in [2.05, 4.69) is 0 Å². The lowest BCUT2D eigenvalue weighted by molar-refractivity contribution is -0.187. The van der Waals surface area contributed by atoms with Gasteiger partial charge in [-0.15, -0.1) is 0 Å². The third kappa shape index (κ3) is 1.73. The molecule has 0 heterocycles. The van der Waals surface area contributed by atoms with E-state index in [1.807, 2.05) is 6.08 Å². The summed E-state index contributed by atoms with van der Waals surface area (Å²) in [5.41, 5.74) is 0.955. The third-order valence-electron chi connectivity index (χ3n) is 3.43. The lowest BCUT2D eigenvalue weighted by Gasteiger charge is -2.30. The minimum absolute atomic E-state index is 0.171. The summed E-state index contributed by atoms with van der Waals surface area (Å²) in [6, 6.07) is 0. The molecule has 86 valence electrons. The zero-order valence-corrected chi connectivity index (χ0v) is 9.54. The summed E-state index contributed by atoms with van der Waals surface area (Å²) >= 11 is 1.80. The standard InChI is InChI=1S/C10H11BrF4/c11-10(14,15)9(12,13)8-5-4-6-2-1-3-7(6)8/h2,7-8H,1,3-5H2. The van der Waals surface area contributed by atoms with Gasteiger partial charge < -0.3 is 0 Å². The normalized spacial score (nSPS) is 31.7. The van der Waals surface area contributed by atoms with Crippen molar-refractivity contribution in [2.45, 2.75) is 36.4 Å². The number of hydrogen-bond donors (Lipinski definition) is 0. The van der Waals surface area contributed by atoms with Gasteiger partial charge in [0.25, 0.3) is 0 Å². The predicted molar refractivity (Wildman–Crippen MR) is 52.4 cm³/mol. The van der Waals surface area contributed by atoms with Crippen LogP contribution in [0.1, 0.15) is 25.7 Å². The Morgan fingerprint density at radius 3 is 2.47 bits per heavy atom. The maximum atomic E-state index is 13.4. The number of allylic oxidation sites excluding steroid dienone is 2. The molecule has 0 aromatic rings. The highest BCUT2D eigenvalue weighted by atomic mass is 79.9. The summed E-state index contributed by atoms with van der Waals surface area (Å²) in [6.45, 7) is 0. The van der Waals surface area contributed by atoms with E-state index < -0.39 is 16.7 Å². The van der Waals surface area contributed by atoms with Crippen LogP contribution in [0.2, 0.25) is 0 Å². The summed E-state index contributed by atoms with van der Waals surface area (Å²) in [7, 11) is 0. The maximum Gasteiger partial charge on any atom is 0.363 e. The van der Waals surface area contributed by atoms with Gasteiger partial charge in [0.1, 0.15) is 0 Å². The summed E-state index contributed by atoms with van der Waals surface area (Å²) in [5.74, 6) is -5.48. The van der Waals surface area contributed by atoms with Crippen LogP contribution >= 0.6 is 15.9 Å². The van der Waals surface area contributed by atoms with Crippen molar-refractivity contribution in [1.29, 1.82) is 0 Å². The maximum absolute atomic E-state index is 13.4. The molecule has 5 heteroatoms.